The van der Waals surface area contributed by atoms with Crippen molar-refractivity contribution in [3.63, 3.8) is 0 Å². The number of likely N-dealkylation sites (tertiary alicyclic amines) is 1. The Labute approximate surface area is 130 Å². The Kier molecular flexibility index (Phi) is 7.14. The van der Waals surface area contributed by atoms with Crippen molar-refractivity contribution in [2.24, 2.45) is 5.41 Å². The summed E-state index contributed by atoms with van der Waals surface area (Å²) in [4.78, 5) is 14.4. The van der Waals surface area contributed by atoms with Crippen molar-refractivity contribution in [1.29, 1.82) is 0 Å². The fourth-order valence-corrected chi connectivity index (χ4v) is 3.07. The number of methoxy groups -OCH3 is 1. The van der Waals surface area contributed by atoms with Crippen LogP contribution in [0.5, 0.6) is 0 Å². The van der Waals surface area contributed by atoms with Gasteiger partial charge in [0.15, 0.2) is 0 Å². The minimum atomic E-state index is -0.546. The van der Waals surface area contributed by atoms with Crippen molar-refractivity contribution in [1.82, 2.24) is 10.2 Å². The van der Waals surface area contributed by atoms with E-state index in [1.54, 1.807) is 0 Å². The maximum atomic E-state index is 11.8. The first-order valence-corrected chi connectivity index (χ1v) is 8.33. The van der Waals surface area contributed by atoms with E-state index in [2.05, 4.69) is 24.1 Å². The summed E-state index contributed by atoms with van der Waals surface area (Å²) >= 11 is 0. The highest BCUT2D eigenvalue weighted by Gasteiger charge is 2.31. The zero-order valence-corrected chi connectivity index (χ0v) is 14.6. The molecule has 1 N–H and O–H groups in total. The number of nitrogens with one attached hydrogen (secondary N) is 1. The fourth-order valence-electron chi connectivity index (χ4n) is 3.07. The molecule has 0 aromatic rings. The molecule has 0 saturated carbocycles. The van der Waals surface area contributed by atoms with Gasteiger partial charge in [-0.15, -0.1) is 0 Å². The summed E-state index contributed by atoms with van der Waals surface area (Å²) in [6, 6.07) is 0. The van der Waals surface area contributed by atoms with Crippen LogP contribution in [-0.4, -0.2) is 50.2 Å². The molecule has 21 heavy (non-hydrogen) atoms. The van der Waals surface area contributed by atoms with Crippen LogP contribution in [0, 0.1) is 5.41 Å². The Balaban J connectivity index is 2.29. The van der Waals surface area contributed by atoms with Gasteiger partial charge in [-0.25, -0.2) is 0 Å². The van der Waals surface area contributed by atoms with Crippen LogP contribution in [0.15, 0.2) is 0 Å². The highest BCUT2D eigenvalue weighted by Crippen LogP contribution is 2.29. The van der Waals surface area contributed by atoms with Crippen LogP contribution < -0.4 is 5.32 Å². The molecule has 1 aliphatic rings. The molecule has 0 bridgehead atoms. The summed E-state index contributed by atoms with van der Waals surface area (Å²) in [6.07, 6.45) is 6.97. The number of carbonyl (C=O) groups excluding carboxylic acids is 1. The van der Waals surface area contributed by atoms with E-state index in [0.29, 0.717) is 5.41 Å². The van der Waals surface area contributed by atoms with Crippen molar-refractivity contribution < 1.29 is 9.53 Å². The summed E-state index contributed by atoms with van der Waals surface area (Å²) in [5, 5.41) is 3.10. The number of hydrogen-bond acceptors (Lipinski definition) is 4. The molecule has 1 saturated heterocycles. The van der Waals surface area contributed by atoms with Gasteiger partial charge >= 0.3 is 5.97 Å². The zero-order valence-electron chi connectivity index (χ0n) is 14.6. The van der Waals surface area contributed by atoms with Gasteiger partial charge in [0.1, 0.15) is 5.54 Å². The number of unbranched alkanes of at least 4 members (excludes halogenated alkanes) is 1. The Morgan fingerprint density at radius 3 is 2.62 bits per heavy atom. The average Bonchev–Trinajstić information content (AvgIpc) is 2.63. The smallest absolute Gasteiger partial charge is 0.325 e. The normalized spacial score (nSPS) is 22.3. The number of carbonyl (C=O) groups is 1. The van der Waals surface area contributed by atoms with Crippen LogP contribution in [0.1, 0.15) is 59.3 Å². The van der Waals surface area contributed by atoms with Crippen LogP contribution in [0.4, 0.5) is 0 Å². The Morgan fingerprint density at radius 1 is 1.29 bits per heavy atom. The van der Waals surface area contributed by atoms with E-state index in [0.717, 1.165) is 25.8 Å². The maximum absolute atomic E-state index is 11.8. The molecule has 0 spiro atoms. The van der Waals surface area contributed by atoms with Gasteiger partial charge in [-0.2, -0.15) is 0 Å². The molecule has 0 aliphatic carbocycles. The largest absolute Gasteiger partial charge is 0.468 e. The minimum Gasteiger partial charge on any atom is -0.468 e. The Bertz CT molecular complexity index is 331. The second kappa shape index (κ2) is 8.14. The molecule has 0 amide bonds. The SMILES string of the molecule is CNC(C)(CCCCN1CCCC(C)(C)CC1)C(=O)OC. The summed E-state index contributed by atoms with van der Waals surface area (Å²) < 4.78 is 4.88. The van der Waals surface area contributed by atoms with Gasteiger partial charge in [-0.3, -0.25) is 4.79 Å². The van der Waals surface area contributed by atoms with Crippen molar-refractivity contribution in [2.75, 3.05) is 33.8 Å². The van der Waals surface area contributed by atoms with E-state index in [9.17, 15) is 4.79 Å². The zero-order chi connectivity index (χ0) is 15.9. The summed E-state index contributed by atoms with van der Waals surface area (Å²) in [6.45, 7) is 10.3. The topological polar surface area (TPSA) is 41.6 Å². The van der Waals surface area contributed by atoms with Crippen LogP contribution in [0.25, 0.3) is 0 Å². The average molecular weight is 298 g/mol. The predicted octanol–water partition coefficient (Wildman–Crippen LogP) is 2.82. The van der Waals surface area contributed by atoms with Gasteiger partial charge in [0, 0.05) is 0 Å². The highest BCUT2D eigenvalue weighted by molar-refractivity contribution is 5.80. The van der Waals surface area contributed by atoms with E-state index < -0.39 is 5.54 Å². The molecular weight excluding hydrogens is 264 g/mol. The molecule has 1 unspecified atom stereocenters. The third-order valence-corrected chi connectivity index (χ3v) is 5.02. The van der Waals surface area contributed by atoms with E-state index in [1.165, 1.54) is 39.5 Å². The van der Waals surface area contributed by atoms with Crippen LogP contribution in [-0.2, 0) is 9.53 Å². The van der Waals surface area contributed by atoms with Gasteiger partial charge in [0.25, 0.3) is 0 Å². The van der Waals surface area contributed by atoms with E-state index in [1.807, 2.05) is 14.0 Å². The maximum Gasteiger partial charge on any atom is 0.325 e. The number of nitrogens with zero attached hydrogens (tertiary/aromatic N) is 1. The first-order chi connectivity index (χ1) is 9.83. The molecule has 1 aliphatic heterocycles. The summed E-state index contributed by atoms with van der Waals surface area (Å²) in [5.41, 5.74) is -0.0418. The van der Waals surface area contributed by atoms with Crippen molar-refractivity contribution in [2.45, 2.75) is 64.8 Å². The van der Waals surface area contributed by atoms with Gasteiger partial charge < -0.3 is 15.0 Å². The predicted molar refractivity (Wildman–Crippen MR) is 87.4 cm³/mol. The molecule has 1 rings (SSSR count). The molecule has 1 heterocycles. The van der Waals surface area contributed by atoms with E-state index in [4.69, 9.17) is 4.74 Å². The van der Waals surface area contributed by atoms with E-state index in [-0.39, 0.29) is 5.97 Å². The van der Waals surface area contributed by atoms with Gasteiger partial charge in [-0.05, 0) is 77.5 Å². The van der Waals surface area contributed by atoms with Crippen LogP contribution in [0.3, 0.4) is 0 Å². The first kappa shape index (κ1) is 18.4. The summed E-state index contributed by atoms with van der Waals surface area (Å²) in [7, 11) is 3.28. The van der Waals surface area contributed by atoms with E-state index >= 15 is 0 Å². The number of rotatable bonds is 7. The summed E-state index contributed by atoms with van der Waals surface area (Å²) in [5.74, 6) is -0.165. The number of ether oxygens (including phenoxy) is 1. The number of hydrogen-bond donors (Lipinski definition) is 1. The molecule has 1 atom stereocenters. The molecular formula is C17H34N2O2. The molecule has 4 heteroatoms. The monoisotopic (exact) mass is 298 g/mol. The Morgan fingerprint density at radius 2 is 2.00 bits per heavy atom. The first-order valence-electron chi connectivity index (χ1n) is 8.33. The second-order valence-electron chi connectivity index (χ2n) is 7.39. The lowest BCUT2D eigenvalue weighted by Crippen LogP contribution is -2.48. The lowest BCUT2D eigenvalue weighted by atomic mass is 9.85. The van der Waals surface area contributed by atoms with Gasteiger partial charge in [-0.1, -0.05) is 13.8 Å². The number of likely N-dealkylation sites (N-methyl/N-ethyl adjacent to an activating group) is 1. The number of esters is 1. The third kappa shape index (κ3) is 5.95. The molecule has 0 aromatic carbocycles. The van der Waals surface area contributed by atoms with Gasteiger partial charge in [0.2, 0.25) is 0 Å². The van der Waals surface area contributed by atoms with Crippen LogP contribution >= 0.6 is 0 Å². The third-order valence-electron chi connectivity index (χ3n) is 5.02. The lowest BCUT2D eigenvalue weighted by Gasteiger charge is -2.27. The Hall–Kier alpha value is -0.610. The standard InChI is InChI=1S/C17H34N2O2/c1-16(2)9-8-13-19(14-11-16)12-7-6-10-17(3,18-4)15(20)21-5/h18H,6-14H2,1-5H3. The fraction of sp³-hybridized carbons (Fsp3) is 0.941. The molecule has 0 aromatic heterocycles. The van der Waals surface area contributed by atoms with Crippen molar-refractivity contribution in [3.8, 4) is 0 Å². The van der Waals surface area contributed by atoms with Gasteiger partial charge in [0.05, 0.1) is 7.11 Å². The molecule has 1 fully saturated rings. The van der Waals surface area contributed by atoms with Crippen molar-refractivity contribution in [3.05, 3.63) is 0 Å². The quantitative estimate of drug-likeness (QED) is 0.580. The minimum absolute atomic E-state index is 0.165. The van der Waals surface area contributed by atoms with Crippen molar-refractivity contribution >= 4 is 5.97 Å². The van der Waals surface area contributed by atoms with Crippen LogP contribution in [0.2, 0.25) is 0 Å². The molecule has 4 nitrogen and oxygen atoms in total. The molecule has 0 radical (unpaired) electrons. The highest BCUT2D eigenvalue weighted by atomic mass is 16.5. The second-order valence-corrected chi connectivity index (χ2v) is 7.39. The lowest BCUT2D eigenvalue weighted by molar-refractivity contribution is -0.148. The molecule has 124 valence electrons.